The van der Waals surface area contributed by atoms with Crippen molar-refractivity contribution in [3.63, 3.8) is 0 Å². The van der Waals surface area contributed by atoms with E-state index in [1.807, 2.05) is 50.3 Å². The highest BCUT2D eigenvalue weighted by Gasteiger charge is 2.10. The zero-order valence-corrected chi connectivity index (χ0v) is 12.6. The Kier molecular flexibility index (Phi) is 3.52. The lowest BCUT2D eigenvalue weighted by atomic mass is 10.2. The van der Waals surface area contributed by atoms with Crippen LogP contribution in [-0.4, -0.2) is 26.1 Å². The van der Waals surface area contributed by atoms with Crippen LogP contribution in [0.5, 0.6) is 0 Å². The Morgan fingerprint density at radius 3 is 2.57 bits per heavy atom. The lowest BCUT2D eigenvalue weighted by Crippen LogP contribution is -2.17. The second-order valence-electron chi connectivity index (χ2n) is 5.38. The molecule has 1 aromatic heterocycles. The van der Waals surface area contributed by atoms with Crippen molar-refractivity contribution >= 4 is 22.8 Å². The number of aromatic nitrogens is 1. The van der Waals surface area contributed by atoms with E-state index in [9.17, 15) is 0 Å². The van der Waals surface area contributed by atoms with Gasteiger partial charge in [-0.2, -0.15) is 4.98 Å². The minimum Gasteiger partial charge on any atom is -0.423 e. The van der Waals surface area contributed by atoms with Gasteiger partial charge in [-0.1, -0.05) is 24.3 Å². The van der Waals surface area contributed by atoms with Gasteiger partial charge < -0.3 is 14.2 Å². The molecule has 0 aliphatic carbocycles. The first-order chi connectivity index (χ1) is 10.1. The van der Waals surface area contributed by atoms with Gasteiger partial charge in [0.05, 0.1) is 0 Å². The Balaban J connectivity index is 1.82. The Morgan fingerprint density at radius 1 is 1.00 bits per heavy atom. The van der Waals surface area contributed by atoms with Gasteiger partial charge in [0, 0.05) is 33.4 Å². The summed E-state index contributed by atoms with van der Waals surface area (Å²) in [5, 5.41) is 0. The molecule has 108 valence electrons. The van der Waals surface area contributed by atoms with Crippen molar-refractivity contribution in [2.75, 3.05) is 30.9 Å². The molecule has 0 amide bonds. The van der Waals surface area contributed by atoms with Crippen molar-refractivity contribution in [3.05, 3.63) is 54.1 Å². The van der Waals surface area contributed by atoms with Crippen molar-refractivity contribution in [2.45, 2.75) is 6.54 Å². The Hall–Kier alpha value is -2.49. The topological polar surface area (TPSA) is 32.5 Å². The first kappa shape index (κ1) is 13.5. The number of oxazole rings is 1. The van der Waals surface area contributed by atoms with Gasteiger partial charge in [-0.25, -0.2) is 0 Å². The fraction of sp³-hybridized carbons (Fsp3) is 0.235. The summed E-state index contributed by atoms with van der Waals surface area (Å²) in [5.41, 5.74) is 4.13. The summed E-state index contributed by atoms with van der Waals surface area (Å²) in [6.45, 7) is 0.758. The molecule has 0 radical (unpaired) electrons. The number of fused-ring (bicyclic) bond motifs is 1. The third kappa shape index (κ3) is 2.84. The summed E-state index contributed by atoms with van der Waals surface area (Å²) in [7, 11) is 6.08. The van der Waals surface area contributed by atoms with Crippen LogP contribution in [-0.2, 0) is 6.54 Å². The number of para-hydroxylation sites is 2. The molecule has 1 heterocycles. The van der Waals surface area contributed by atoms with Gasteiger partial charge in [-0.15, -0.1) is 0 Å². The Morgan fingerprint density at radius 2 is 1.81 bits per heavy atom. The van der Waals surface area contributed by atoms with Crippen molar-refractivity contribution in [1.82, 2.24) is 4.98 Å². The van der Waals surface area contributed by atoms with Crippen molar-refractivity contribution in [3.8, 4) is 0 Å². The monoisotopic (exact) mass is 281 g/mol. The predicted octanol–water partition coefficient (Wildman–Crippen LogP) is 3.53. The van der Waals surface area contributed by atoms with E-state index in [4.69, 9.17) is 4.42 Å². The maximum absolute atomic E-state index is 5.78. The molecule has 4 nitrogen and oxygen atoms in total. The molecule has 0 spiro atoms. The molecular formula is C17H19N3O. The Labute approximate surface area is 124 Å². The molecule has 0 bridgehead atoms. The minimum atomic E-state index is 0.645. The van der Waals surface area contributed by atoms with Crippen molar-refractivity contribution in [1.29, 1.82) is 0 Å². The molecule has 0 saturated heterocycles. The molecule has 3 aromatic rings. The van der Waals surface area contributed by atoms with Crippen LogP contribution in [0.25, 0.3) is 11.1 Å². The second kappa shape index (κ2) is 5.48. The van der Waals surface area contributed by atoms with E-state index >= 15 is 0 Å². The SMILES string of the molecule is CN(C)c1cccc(CN(C)c2nc3ccccc3o2)c1. The number of nitrogens with zero attached hydrogens (tertiary/aromatic N) is 3. The van der Waals surface area contributed by atoms with Crippen LogP contribution in [0.3, 0.4) is 0 Å². The summed E-state index contributed by atoms with van der Waals surface area (Å²) >= 11 is 0. The average molecular weight is 281 g/mol. The van der Waals surface area contributed by atoms with Crippen molar-refractivity contribution < 1.29 is 4.42 Å². The summed E-state index contributed by atoms with van der Waals surface area (Å²) in [6, 6.07) is 16.9. The molecule has 2 aromatic carbocycles. The van der Waals surface area contributed by atoms with Crippen LogP contribution in [0.15, 0.2) is 52.9 Å². The molecule has 0 saturated carbocycles. The lowest BCUT2D eigenvalue weighted by Gasteiger charge is -2.17. The van der Waals surface area contributed by atoms with Gasteiger partial charge in [0.2, 0.25) is 0 Å². The Bertz CT molecular complexity index is 715. The molecule has 0 unspecified atom stereocenters. The van der Waals surface area contributed by atoms with Crippen LogP contribution in [0, 0.1) is 0 Å². The summed E-state index contributed by atoms with van der Waals surface area (Å²) in [5.74, 6) is 0. The highest BCUT2D eigenvalue weighted by atomic mass is 16.4. The second-order valence-corrected chi connectivity index (χ2v) is 5.38. The lowest BCUT2D eigenvalue weighted by molar-refractivity contribution is 0.582. The van der Waals surface area contributed by atoms with Gasteiger partial charge in [-0.3, -0.25) is 0 Å². The summed E-state index contributed by atoms with van der Waals surface area (Å²) in [6.07, 6.45) is 0. The molecular weight excluding hydrogens is 262 g/mol. The molecule has 4 heteroatoms. The van der Waals surface area contributed by atoms with E-state index < -0.39 is 0 Å². The fourth-order valence-corrected chi connectivity index (χ4v) is 2.30. The standard InChI is InChI=1S/C17H19N3O/c1-19(2)14-8-6-7-13(11-14)12-20(3)17-18-15-9-4-5-10-16(15)21-17/h4-11H,12H2,1-3H3. The zero-order valence-electron chi connectivity index (χ0n) is 12.6. The quantitative estimate of drug-likeness (QED) is 0.732. The largest absolute Gasteiger partial charge is 0.423 e. The van der Waals surface area contributed by atoms with Crippen molar-refractivity contribution in [2.24, 2.45) is 0 Å². The first-order valence-corrected chi connectivity index (χ1v) is 6.96. The summed E-state index contributed by atoms with van der Waals surface area (Å²) < 4.78 is 5.78. The number of hydrogen-bond acceptors (Lipinski definition) is 4. The van der Waals surface area contributed by atoms with E-state index in [1.165, 1.54) is 11.3 Å². The van der Waals surface area contributed by atoms with E-state index in [0.717, 1.165) is 17.6 Å². The van der Waals surface area contributed by atoms with Gasteiger partial charge in [-0.05, 0) is 29.8 Å². The van der Waals surface area contributed by atoms with Gasteiger partial charge in [0.25, 0.3) is 6.01 Å². The number of anilines is 2. The summed E-state index contributed by atoms with van der Waals surface area (Å²) in [4.78, 5) is 8.64. The number of benzene rings is 2. The molecule has 0 atom stereocenters. The third-order valence-electron chi connectivity index (χ3n) is 3.46. The van der Waals surface area contributed by atoms with Gasteiger partial charge in [0.15, 0.2) is 5.58 Å². The molecule has 21 heavy (non-hydrogen) atoms. The minimum absolute atomic E-state index is 0.645. The van der Waals surface area contributed by atoms with E-state index in [2.05, 4.69) is 34.1 Å². The fourth-order valence-electron chi connectivity index (χ4n) is 2.30. The van der Waals surface area contributed by atoms with Crippen LogP contribution >= 0.6 is 0 Å². The molecule has 0 fully saturated rings. The predicted molar refractivity (Wildman–Crippen MR) is 86.9 cm³/mol. The zero-order chi connectivity index (χ0) is 14.8. The maximum Gasteiger partial charge on any atom is 0.298 e. The molecule has 0 N–H and O–H groups in total. The van der Waals surface area contributed by atoms with Crippen LogP contribution in [0.2, 0.25) is 0 Å². The van der Waals surface area contributed by atoms with E-state index in [-0.39, 0.29) is 0 Å². The van der Waals surface area contributed by atoms with E-state index in [1.54, 1.807) is 0 Å². The number of rotatable bonds is 4. The molecule has 3 rings (SSSR count). The first-order valence-electron chi connectivity index (χ1n) is 6.96. The van der Waals surface area contributed by atoms with Gasteiger partial charge >= 0.3 is 0 Å². The van der Waals surface area contributed by atoms with Crippen LogP contribution < -0.4 is 9.80 Å². The third-order valence-corrected chi connectivity index (χ3v) is 3.46. The van der Waals surface area contributed by atoms with Crippen LogP contribution in [0.4, 0.5) is 11.7 Å². The molecule has 0 aliphatic rings. The number of hydrogen-bond donors (Lipinski definition) is 0. The average Bonchev–Trinajstić information content (AvgIpc) is 2.91. The van der Waals surface area contributed by atoms with E-state index in [0.29, 0.717) is 6.01 Å². The normalized spacial score (nSPS) is 10.8. The molecule has 0 aliphatic heterocycles. The smallest absolute Gasteiger partial charge is 0.298 e. The highest BCUT2D eigenvalue weighted by molar-refractivity contribution is 5.74. The van der Waals surface area contributed by atoms with Gasteiger partial charge in [0.1, 0.15) is 5.52 Å². The maximum atomic E-state index is 5.78. The highest BCUT2D eigenvalue weighted by Crippen LogP contribution is 2.22. The van der Waals surface area contributed by atoms with Crippen LogP contribution in [0.1, 0.15) is 5.56 Å².